The van der Waals surface area contributed by atoms with E-state index in [1.54, 1.807) is 18.4 Å². The first kappa shape index (κ1) is 12.2. The van der Waals surface area contributed by atoms with Crippen molar-refractivity contribution in [2.45, 2.75) is 31.9 Å². The van der Waals surface area contributed by atoms with Crippen molar-refractivity contribution in [3.63, 3.8) is 0 Å². The largest absolute Gasteiger partial charge is 0.380 e. The standard InChI is InChI=1S/C10H16BrNOS/c1-3-9(13-2)8(12)6-10-7(11)4-5-14-10/h4-5,8-9H,3,6,12H2,1-2H3. The van der Waals surface area contributed by atoms with Gasteiger partial charge in [0, 0.05) is 28.9 Å². The third-order valence-electron chi connectivity index (χ3n) is 2.29. The van der Waals surface area contributed by atoms with Crippen LogP contribution in [0.4, 0.5) is 0 Å². The van der Waals surface area contributed by atoms with Gasteiger partial charge in [-0.25, -0.2) is 0 Å². The van der Waals surface area contributed by atoms with Crippen molar-refractivity contribution in [2.24, 2.45) is 5.73 Å². The molecule has 2 unspecified atom stereocenters. The van der Waals surface area contributed by atoms with Crippen molar-refractivity contribution >= 4 is 27.3 Å². The highest BCUT2D eigenvalue weighted by Crippen LogP contribution is 2.24. The number of nitrogens with two attached hydrogens (primary N) is 1. The molecule has 80 valence electrons. The van der Waals surface area contributed by atoms with Gasteiger partial charge in [0.05, 0.1) is 6.10 Å². The van der Waals surface area contributed by atoms with Crippen LogP contribution < -0.4 is 5.73 Å². The summed E-state index contributed by atoms with van der Waals surface area (Å²) in [5.41, 5.74) is 6.06. The first-order valence-corrected chi connectivity index (χ1v) is 6.36. The van der Waals surface area contributed by atoms with Gasteiger partial charge < -0.3 is 10.5 Å². The summed E-state index contributed by atoms with van der Waals surface area (Å²) in [4.78, 5) is 1.30. The van der Waals surface area contributed by atoms with Crippen molar-refractivity contribution in [3.05, 3.63) is 20.8 Å². The van der Waals surface area contributed by atoms with Gasteiger partial charge in [0.15, 0.2) is 0 Å². The second-order valence-electron chi connectivity index (χ2n) is 3.24. The second-order valence-corrected chi connectivity index (χ2v) is 5.10. The molecule has 0 amide bonds. The van der Waals surface area contributed by atoms with Crippen molar-refractivity contribution in [1.29, 1.82) is 0 Å². The quantitative estimate of drug-likeness (QED) is 0.899. The number of hydrogen-bond donors (Lipinski definition) is 1. The Bertz CT molecular complexity index is 273. The molecule has 0 radical (unpaired) electrons. The SMILES string of the molecule is CCC(OC)C(N)Cc1sccc1Br. The van der Waals surface area contributed by atoms with Crippen molar-refractivity contribution < 1.29 is 4.74 Å². The van der Waals surface area contributed by atoms with Crippen LogP contribution in [0.2, 0.25) is 0 Å². The third kappa shape index (κ3) is 3.05. The van der Waals surface area contributed by atoms with Gasteiger partial charge in [-0.2, -0.15) is 0 Å². The van der Waals surface area contributed by atoms with Crippen LogP contribution in [0.3, 0.4) is 0 Å². The predicted octanol–water partition coefficient (Wildman–Crippen LogP) is 2.81. The van der Waals surface area contributed by atoms with E-state index in [9.17, 15) is 0 Å². The fraction of sp³-hybridized carbons (Fsp3) is 0.600. The maximum atomic E-state index is 6.06. The highest BCUT2D eigenvalue weighted by molar-refractivity contribution is 9.10. The van der Waals surface area contributed by atoms with Crippen LogP contribution in [-0.4, -0.2) is 19.3 Å². The smallest absolute Gasteiger partial charge is 0.0723 e. The zero-order chi connectivity index (χ0) is 10.6. The van der Waals surface area contributed by atoms with Crippen molar-refractivity contribution in [3.8, 4) is 0 Å². The number of ether oxygens (including phenoxy) is 1. The summed E-state index contributed by atoms with van der Waals surface area (Å²) in [7, 11) is 1.72. The molecule has 0 aliphatic rings. The second kappa shape index (κ2) is 5.85. The Morgan fingerprint density at radius 3 is 2.79 bits per heavy atom. The highest BCUT2D eigenvalue weighted by atomic mass is 79.9. The molecule has 0 bridgehead atoms. The fourth-order valence-electron chi connectivity index (χ4n) is 1.46. The molecule has 4 heteroatoms. The Morgan fingerprint density at radius 1 is 1.64 bits per heavy atom. The zero-order valence-electron chi connectivity index (χ0n) is 8.50. The molecule has 14 heavy (non-hydrogen) atoms. The Labute approximate surface area is 97.6 Å². The molecule has 0 aliphatic heterocycles. The Hall–Kier alpha value is 0.100. The molecule has 0 fully saturated rings. The van der Waals surface area contributed by atoms with Gasteiger partial charge in [-0.1, -0.05) is 6.92 Å². The van der Waals surface area contributed by atoms with Gasteiger partial charge >= 0.3 is 0 Å². The maximum absolute atomic E-state index is 6.06. The lowest BCUT2D eigenvalue weighted by Gasteiger charge is -2.20. The maximum Gasteiger partial charge on any atom is 0.0723 e. The molecule has 2 nitrogen and oxygen atoms in total. The van der Waals surface area contributed by atoms with E-state index in [0.717, 1.165) is 17.3 Å². The number of hydrogen-bond acceptors (Lipinski definition) is 3. The average molecular weight is 278 g/mol. The number of thiophene rings is 1. The molecule has 1 aromatic heterocycles. The van der Waals surface area contributed by atoms with E-state index in [1.807, 2.05) is 0 Å². The first-order chi connectivity index (χ1) is 6.69. The van der Waals surface area contributed by atoms with Crippen LogP contribution in [0, 0.1) is 0 Å². The molecule has 0 spiro atoms. The van der Waals surface area contributed by atoms with Gasteiger partial charge in [0.2, 0.25) is 0 Å². The van der Waals surface area contributed by atoms with Gasteiger partial charge in [-0.05, 0) is 33.8 Å². The minimum absolute atomic E-state index is 0.0833. The number of halogens is 1. The van der Waals surface area contributed by atoms with E-state index in [2.05, 4.69) is 34.3 Å². The third-order valence-corrected chi connectivity index (χ3v) is 4.24. The first-order valence-electron chi connectivity index (χ1n) is 4.69. The van der Waals surface area contributed by atoms with Crippen LogP contribution in [0.25, 0.3) is 0 Å². The van der Waals surface area contributed by atoms with Gasteiger partial charge in [-0.3, -0.25) is 0 Å². The van der Waals surface area contributed by atoms with Crippen molar-refractivity contribution in [1.82, 2.24) is 0 Å². The van der Waals surface area contributed by atoms with Crippen LogP contribution in [-0.2, 0) is 11.2 Å². The van der Waals surface area contributed by atoms with Gasteiger partial charge in [-0.15, -0.1) is 11.3 Å². The van der Waals surface area contributed by atoms with E-state index >= 15 is 0 Å². The molecule has 2 N–H and O–H groups in total. The zero-order valence-corrected chi connectivity index (χ0v) is 10.9. The van der Waals surface area contributed by atoms with Gasteiger partial charge in [0.25, 0.3) is 0 Å². The monoisotopic (exact) mass is 277 g/mol. The minimum Gasteiger partial charge on any atom is -0.380 e. The summed E-state index contributed by atoms with van der Waals surface area (Å²) in [5, 5.41) is 2.07. The molecule has 2 atom stereocenters. The van der Waals surface area contributed by atoms with E-state index in [1.165, 1.54) is 4.88 Å². The predicted molar refractivity (Wildman–Crippen MR) is 64.8 cm³/mol. The topological polar surface area (TPSA) is 35.2 Å². The molecular weight excluding hydrogens is 262 g/mol. The minimum atomic E-state index is 0.0833. The highest BCUT2D eigenvalue weighted by Gasteiger charge is 2.17. The van der Waals surface area contributed by atoms with E-state index < -0.39 is 0 Å². The lowest BCUT2D eigenvalue weighted by Crippen LogP contribution is -2.37. The van der Waals surface area contributed by atoms with E-state index in [0.29, 0.717) is 0 Å². The summed E-state index contributed by atoms with van der Waals surface area (Å²) in [6, 6.07) is 2.14. The molecule has 0 saturated heterocycles. The Morgan fingerprint density at radius 2 is 2.36 bits per heavy atom. The van der Waals surface area contributed by atoms with E-state index in [-0.39, 0.29) is 12.1 Å². The van der Waals surface area contributed by atoms with Crippen LogP contribution in [0.1, 0.15) is 18.2 Å². The van der Waals surface area contributed by atoms with Crippen molar-refractivity contribution in [2.75, 3.05) is 7.11 Å². The molecule has 0 aliphatic carbocycles. The normalized spacial score (nSPS) is 15.4. The summed E-state index contributed by atoms with van der Waals surface area (Å²) in [6.07, 6.45) is 2.00. The van der Waals surface area contributed by atoms with Crippen LogP contribution in [0.15, 0.2) is 15.9 Å². The van der Waals surface area contributed by atoms with Crippen LogP contribution >= 0.6 is 27.3 Å². The molecule has 1 rings (SSSR count). The summed E-state index contributed by atoms with van der Waals surface area (Å²) < 4.78 is 6.47. The van der Waals surface area contributed by atoms with E-state index in [4.69, 9.17) is 10.5 Å². The summed E-state index contributed by atoms with van der Waals surface area (Å²) >= 11 is 5.24. The molecule has 0 aromatic carbocycles. The molecule has 0 saturated carbocycles. The molecular formula is C10H16BrNOS. The lowest BCUT2D eigenvalue weighted by atomic mass is 10.1. The molecule has 1 heterocycles. The fourth-order valence-corrected chi connectivity index (χ4v) is 3.05. The number of methoxy groups -OCH3 is 1. The van der Waals surface area contributed by atoms with Crippen LogP contribution in [0.5, 0.6) is 0 Å². The average Bonchev–Trinajstić information content (AvgIpc) is 2.54. The Balaban J connectivity index is 2.56. The lowest BCUT2D eigenvalue weighted by molar-refractivity contribution is 0.0775. The molecule has 1 aromatic rings. The van der Waals surface area contributed by atoms with Gasteiger partial charge in [0.1, 0.15) is 0 Å². The number of rotatable bonds is 5. The summed E-state index contributed by atoms with van der Waals surface area (Å²) in [5.74, 6) is 0. The Kier molecular flexibility index (Phi) is 5.09. The summed E-state index contributed by atoms with van der Waals surface area (Å²) in [6.45, 7) is 2.09.